The van der Waals surface area contributed by atoms with Crippen LogP contribution in [0.4, 0.5) is 5.69 Å². The first-order valence-corrected chi connectivity index (χ1v) is 6.32. The van der Waals surface area contributed by atoms with Crippen LogP contribution in [0.15, 0.2) is 30.5 Å². The first kappa shape index (κ1) is 13.6. The van der Waals surface area contributed by atoms with Crippen molar-refractivity contribution in [2.45, 2.75) is 6.42 Å². The van der Waals surface area contributed by atoms with Crippen molar-refractivity contribution in [2.24, 2.45) is 0 Å². The summed E-state index contributed by atoms with van der Waals surface area (Å²) in [6.45, 7) is 1.07. The zero-order valence-corrected chi connectivity index (χ0v) is 10.7. The summed E-state index contributed by atoms with van der Waals surface area (Å²) in [5.41, 5.74) is 1.75. The second kappa shape index (κ2) is 6.92. The molecule has 0 bridgehead atoms. The van der Waals surface area contributed by atoms with Crippen LogP contribution in [0.1, 0.15) is 6.42 Å². The third-order valence-electron chi connectivity index (χ3n) is 2.69. The van der Waals surface area contributed by atoms with E-state index in [2.05, 4.69) is 10.3 Å². The largest absolute Gasteiger partial charge is 0.491 e. The lowest BCUT2D eigenvalue weighted by Gasteiger charge is -2.12. The minimum atomic E-state index is -0.0155. The molecule has 1 aromatic heterocycles. The normalized spacial score (nSPS) is 10.6. The molecule has 5 heteroatoms. The topological polar surface area (TPSA) is 74.6 Å². The highest BCUT2D eigenvalue weighted by Gasteiger charge is 2.05. The van der Waals surface area contributed by atoms with Gasteiger partial charge >= 0.3 is 0 Å². The van der Waals surface area contributed by atoms with Crippen molar-refractivity contribution in [3.8, 4) is 5.75 Å². The minimum absolute atomic E-state index is 0.0155. The van der Waals surface area contributed by atoms with E-state index < -0.39 is 0 Å². The standard InChI is InChI=1S/C14H18N2O3/c17-6-2-5-15-13-10-12(19-8-7-18)9-11-3-1-4-16-14(11)13/h1,3-4,9-10,15,17-18H,2,5-8H2. The number of hydrogen-bond donors (Lipinski definition) is 3. The van der Waals surface area contributed by atoms with Crippen LogP contribution in [0.2, 0.25) is 0 Å². The number of hydrogen-bond acceptors (Lipinski definition) is 5. The second-order valence-electron chi connectivity index (χ2n) is 4.12. The Labute approximate surface area is 111 Å². The Balaban J connectivity index is 2.28. The Kier molecular flexibility index (Phi) is 4.94. The molecule has 0 aliphatic heterocycles. The van der Waals surface area contributed by atoms with Gasteiger partial charge in [0.1, 0.15) is 12.4 Å². The number of aliphatic hydroxyl groups is 2. The van der Waals surface area contributed by atoms with E-state index >= 15 is 0 Å². The van der Waals surface area contributed by atoms with Gasteiger partial charge in [0.05, 0.1) is 17.8 Å². The number of anilines is 1. The molecule has 1 aromatic carbocycles. The van der Waals surface area contributed by atoms with Gasteiger partial charge in [0.2, 0.25) is 0 Å². The van der Waals surface area contributed by atoms with E-state index in [1.807, 2.05) is 24.3 Å². The van der Waals surface area contributed by atoms with E-state index in [0.29, 0.717) is 18.7 Å². The van der Waals surface area contributed by atoms with Gasteiger partial charge in [-0.05, 0) is 18.6 Å². The van der Waals surface area contributed by atoms with Crippen molar-refractivity contribution >= 4 is 16.6 Å². The number of pyridine rings is 1. The fourth-order valence-electron chi connectivity index (χ4n) is 1.85. The van der Waals surface area contributed by atoms with Crippen LogP contribution in [-0.4, -0.2) is 41.6 Å². The molecule has 102 valence electrons. The van der Waals surface area contributed by atoms with Crippen LogP contribution in [0.25, 0.3) is 10.9 Å². The van der Waals surface area contributed by atoms with Crippen molar-refractivity contribution < 1.29 is 14.9 Å². The summed E-state index contributed by atoms with van der Waals surface area (Å²) in [6, 6.07) is 7.60. The highest BCUT2D eigenvalue weighted by Crippen LogP contribution is 2.27. The molecule has 3 N–H and O–H groups in total. The van der Waals surface area contributed by atoms with Crippen molar-refractivity contribution in [3.63, 3.8) is 0 Å². The third kappa shape index (κ3) is 3.56. The maximum Gasteiger partial charge on any atom is 0.122 e. The molecule has 1 heterocycles. The summed E-state index contributed by atoms with van der Waals surface area (Å²) < 4.78 is 5.44. The molecule has 19 heavy (non-hydrogen) atoms. The van der Waals surface area contributed by atoms with E-state index in [1.54, 1.807) is 6.20 Å². The number of benzene rings is 1. The molecule has 0 atom stereocenters. The smallest absolute Gasteiger partial charge is 0.122 e. The number of rotatable bonds is 7. The maximum absolute atomic E-state index is 8.82. The van der Waals surface area contributed by atoms with Crippen molar-refractivity contribution in [3.05, 3.63) is 30.5 Å². The number of nitrogens with one attached hydrogen (secondary N) is 1. The van der Waals surface area contributed by atoms with Crippen molar-refractivity contribution in [1.82, 2.24) is 4.98 Å². The van der Waals surface area contributed by atoms with E-state index in [9.17, 15) is 0 Å². The van der Waals surface area contributed by atoms with Gasteiger partial charge in [0, 0.05) is 30.8 Å². The lowest BCUT2D eigenvalue weighted by atomic mass is 10.1. The van der Waals surface area contributed by atoms with Gasteiger partial charge < -0.3 is 20.3 Å². The van der Waals surface area contributed by atoms with Crippen molar-refractivity contribution in [2.75, 3.05) is 31.7 Å². The fraction of sp³-hybridized carbons (Fsp3) is 0.357. The molecule has 0 unspecified atom stereocenters. The summed E-state index contributed by atoms with van der Waals surface area (Å²) in [4.78, 5) is 4.35. The Morgan fingerprint density at radius 1 is 1.21 bits per heavy atom. The highest BCUT2D eigenvalue weighted by molar-refractivity contribution is 5.91. The van der Waals surface area contributed by atoms with Crippen LogP contribution in [-0.2, 0) is 0 Å². The molecule has 0 saturated heterocycles. The molecule has 0 aliphatic carbocycles. The molecule has 0 amide bonds. The summed E-state index contributed by atoms with van der Waals surface area (Å²) in [6.07, 6.45) is 2.42. The lowest BCUT2D eigenvalue weighted by molar-refractivity contribution is 0.201. The van der Waals surface area contributed by atoms with E-state index in [4.69, 9.17) is 14.9 Å². The SMILES string of the molecule is OCCCNc1cc(OCCO)cc2cccnc12. The first-order valence-electron chi connectivity index (χ1n) is 6.32. The van der Waals surface area contributed by atoms with E-state index in [-0.39, 0.29) is 19.8 Å². The van der Waals surface area contributed by atoms with Crippen LogP contribution >= 0.6 is 0 Å². The van der Waals surface area contributed by atoms with Gasteiger partial charge in [-0.15, -0.1) is 0 Å². The first-order chi connectivity index (χ1) is 9.35. The van der Waals surface area contributed by atoms with Crippen LogP contribution in [0.3, 0.4) is 0 Å². The molecule has 2 aromatic rings. The average Bonchev–Trinajstić information content (AvgIpc) is 2.45. The van der Waals surface area contributed by atoms with Gasteiger partial charge in [-0.25, -0.2) is 0 Å². The van der Waals surface area contributed by atoms with Gasteiger partial charge in [-0.3, -0.25) is 4.98 Å². The Bertz CT molecular complexity index is 531. The van der Waals surface area contributed by atoms with Crippen LogP contribution < -0.4 is 10.1 Å². The molecule has 0 saturated carbocycles. The maximum atomic E-state index is 8.82. The molecule has 0 fully saturated rings. The van der Waals surface area contributed by atoms with E-state index in [1.165, 1.54) is 0 Å². The number of ether oxygens (including phenoxy) is 1. The molecule has 5 nitrogen and oxygen atoms in total. The van der Waals surface area contributed by atoms with Crippen LogP contribution in [0, 0.1) is 0 Å². The molecular weight excluding hydrogens is 244 g/mol. The monoisotopic (exact) mass is 262 g/mol. The molecule has 0 aliphatic rings. The van der Waals surface area contributed by atoms with Gasteiger partial charge in [-0.2, -0.15) is 0 Å². The lowest BCUT2D eigenvalue weighted by Crippen LogP contribution is -2.06. The quantitative estimate of drug-likeness (QED) is 0.658. The number of nitrogens with zero attached hydrogens (tertiary/aromatic N) is 1. The average molecular weight is 262 g/mol. The molecule has 2 rings (SSSR count). The zero-order chi connectivity index (χ0) is 13.5. The Morgan fingerprint density at radius 3 is 2.89 bits per heavy atom. The summed E-state index contributed by atoms with van der Waals surface area (Å²) in [5, 5.41) is 21.8. The Morgan fingerprint density at radius 2 is 2.11 bits per heavy atom. The van der Waals surface area contributed by atoms with Gasteiger partial charge in [-0.1, -0.05) is 6.07 Å². The fourth-order valence-corrected chi connectivity index (χ4v) is 1.85. The van der Waals surface area contributed by atoms with Gasteiger partial charge in [0.25, 0.3) is 0 Å². The minimum Gasteiger partial charge on any atom is -0.491 e. The third-order valence-corrected chi connectivity index (χ3v) is 2.69. The summed E-state index contributed by atoms with van der Waals surface area (Å²) >= 11 is 0. The summed E-state index contributed by atoms with van der Waals surface area (Å²) in [5.74, 6) is 0.695. The number of aliphatic hydroxyl groups excluding tert-OH is 2. The van der Waals surface area contributed by atoms with Crippen LogP contribution in [0.5, 0.6) is 5.75 Å². The van der Waals surface area contributed by atoms with Gasteiger partial charge in [0.15, 0.2) is 0 Å². The second-order valence-corrected chi connectivity index (χ2v) is 4.12. The zero-order valence-electron chi connectivity index (χ0n) is 10.7. The highest BCUT2D eigenvalue weighted by atomic mass is 16.5. The molecule has 0 spiro atoms. The predicted octanol–water partition coefficient (Wildman–Crippen LogP) is 1.40. The number of aromatic nitrogens is 1. The number of fused-ring (bicyclic) bond motifs is 1. The van der Waals surface area contributed by atoms with E-state index in [0.717, 1.165) is 16.6 Å². The molecule has 0 radical (unpaired) electrons. The van der Waals surface area contributed by atoms with Crippen molar-refractivity contribution in [1.29, 1.82) is 0 Å². The predicted molar refractivity (Wildman–Crippen MR) is 74.5 cm³/mol. The summed E-state index contributed by atoms with van der Waals surface area (Å²) in [7, 11) is 0. The molecular formula is C14H18N2O3. The Hall–Kier alpha value is -1.85.